The van der Waals surface area contributed by atoms with Gasteiger partial charge in [0.25, 0.3) is 0 Å². The SMILES string of the molecule is COc1ccc(CC(=O)NCCCn2ccc3ccccc32)cc1F. The van der Waals surface area contributed by atoms with E-state index in [1.54, 1.807) is 6.07 Å². The fourth-order valence-electron chi connectivity index (χ4n) is 2.88. The third kappa shape index (κ3) is 4.18. The molecule has 0 spiro atoms. The van der Waals surface area contributed by atoms with Gasteiger partial charge in [-0.2, -0.15) is 0 Å². The smallest absolute Gasteiger partial charge is 0.224 e. The predicted molar refractivity (Wildman–Crippen MR) is 96.2 cm³/mol. The fraction of sp³-hybridized carbons (Fsp3) is 0.250. The minimum absolute atomic E-state index is 0.109. The number of fused-ring (bicyclic) bond motifs is 1. The maximum atomic E-state index is 13.6. The Morgan fingerprint density at radius 2 is 2.04 bits per heavy atom. The second-order valence-corrected chi connectivity index (χ2v) is 5.92. The van der Waals surface area contributed by atoms with Gasteiger partial charge in [-0.15, -0.1) is 0 Å². The van der Waals surface area contributed by atoms with Crippen LogP contribution in [0.5, 0.6) is 5.75 Å². The van der Waals surface area contributed by atoms with E-state index in [1.165, 1.54) is 30.1 Å². The summed E-state index contributed by atoms with van der Waals surface area (Å²) in [6.45, 7) is 1.43. The van der Waals surface area contributed by atoms with Crippen LogP contribution < -0.4 is 10.1 Å². The zero-order chi connectivity index (χ0) is 17.6. The maximum absolute atomic E-state index is 13.6. The van der Waals surface area contributed by atoms with Crippen molar-refractivity contribution in [1.29, 1.82) is 0 Å². The topological polar surface area (TPSA) is 43.3 Å². The summed E-state index contributed by atoms with van der Waals surface area (Å²) in [6, 6.07) is 14.9. The van der Waals surface area contributed by atoms with Crippen molar-refractivity contribution < 1.29 is 13.9 Å². The lowest BCUT2D eigenvalue weighted by atomic mass is 10.1. The van der Waals surface area contributed by atoms with Crippen LogP contribution in [0, 0.1) is 5.82 Å². The van der Waals surface area contributed by atoms with Gasteiger partial charge >= 0.3 is 0 Å². The minimum Gasteiger partial charge on any atom is -0.494 e. The number of nitrogens with one attached hydrogen (secondary N) is 1. The van der Waals surface area contributed by atoms with Crippen molar-refractivity contribution in [2.45, 2.75) is 19.4 Å². The molecule has 1 amide bonds. The van der Waals surface area contributed by atoms with E-state index in [9.17, 15) is 9.18 Å². The van der Waals surface area contributed by atoms with E-state index in [-0.39, 0.29) is 18.1 Å². The van der Waals surface area contributed by atoms with Gasteiger partial charge in [0.2, 0.25) is 5.91 Å². The molecule has 25 heavy (non-hydrogen) atoms. The van der Waals surface area contributed by atoms with Gasteiger partial charge in [-0.25, -0.2) is 4.39 Å². The molecule has 130 valence electrons. The van der Waals surface area contributed by atoms with Crippen molar-refractivity contribution in [1.82, 2.24) is 9.88 Å². The molecule has 0 fully saturated rings. The van der Waals surface area contributed by atoms with Gasteiger partial charge in [-0.3, -0.25) is 4.79 Å². The summed E-state index contributed by atoms with van der Waals surface area (Å²) in [5.74, 6) is -0.377. The lowest BCUT2D eigenvalue weighted by Crippen LogP contribution is -2.26. The Balaban J connectivity index is 1.46. The van der Waals surface area contributed by atoms with E-state index in [2.05, 4.69) is 34.3 Å². The molecule has 5 heteroatoms. The maximum Gasteiger partial charge on any atom is 0.224 e. The second-order valence-electron chi connectivity index (χ2n) is 5.92. The molecule has 0 radical (unpaired) electrons. The first-order valence-corrected chi connectivity index (χ1v) is 8.30. The van der Waals surface area contributed by atoms with Crippen molar-refractivity contribution in [3.05, 3.63) is 66.1 Å². The van der Waals surface area contributed by atoms with Crippen LogP contribution in [0.25, 0.3) is 10.9 Å². The summed E-state index contributed by atoms with van der Waals surface area (Å²) in [5, 5.41) is 4.10. The van der Waals surface area contributed by atoms with Gasteiger partial charge in [0.15, 0.2) is 11.6 Å². The van der Waals surface area contributed by atoms with Crippen molar-refractivity contribution in [3.8, 4) is 5.75 Å². The molecule has 0 bridgehead atoms. The summed E-state index contributed by atoms with van der Waals surface area (Å²) in [4.78, 5) is 12.0. The zero-order valence-corrected chi connectivity index (χ0v) is 14.2. The van der Waals surface area contributed by atoms with Crippen LogP contribution in [-0.2, 0) is 17.8 Å². The Bertz CT molecular complexity index is 873. The van der Waals surface area contributed by atoms with Crippen LogP contribution in [0.15, 0.2) is 54.7 Å². The van der Waals surface area contributed by atoms with E-state index in [4.69, 9.17) is 4.74 Å². The number of halogens is 1. The van der Waals surface area contributed by atoms with Crippen molar-refractivity contribution in [2.75, 3.05) is 13.7 Å². The number of carbonyl (C=O) groups is 1. The Morgan fingerprint density at radius 3 is 2.84 bits per heavy atom. The Labute approximate surface area is 146 Å². The summed E-state index contributed by atoms with van der Waals surface area (Å²) in [5.41, 5.74) is 1.83. The normalized spacial score (nSPS) is 10.8. The first kappa shape index (κ1) is 17.0. The number of ether oxygens (including phenoxy) is 1. The molecule has 2 aromatic carbocycles. The number of amides is 1. The molecule has 0 aliphatic rings. The highest BCUT2D eigenvalue weighted by Crippen LogP contribution is 2.18. The average molecular weight is 340 g/mol. The Morgan fingerprint density at radius 1 is 1.20 bits per heavy atom. The highest BCUT2D eigenvalue weighted by molar-refractivity contribution is 5.80. The molecule has 1 aromatic heterocycles. The molecule has 0 unspecified atom stereocenters. The summed E-state index contributed by atoms with van der Waals surface area (Å²) >= 11 is 0. The molecule has 0 aliphatic heterocycles. The van der Waals surface area contributed by atoms with Crippen LogP contribution in [0.1, 0.15) is 12.0 Å². The number of rotatable bonds is 7. The van der Waals surface area contributed by atoms with E-state index in [0.29, 0.717) is 12.1 Å². The standard InChI is InChI=1S/C20H21FN2O2/c1-25-19-8-7-15(13-17(19)21)14-20(24)22-10-4-11-23-12-9-16-5-2-3-6-18(16)23/h2-3,5-9,12-13H,4,10-11,14H2,1H3,(H,22,24). The van der Waals surface area contributed by atoms with Crippen LogP contribution in [0.3, 0.4) is 0 Å². The van der Waals surface area contributed by atoms with Gasteiger partial charge in [0, 0.05) is 24.8 Å². The highest BCUT2D eigenvalue weighted by atomic mass is 19.1. The second kappa shape index (κ2) is 7.83. The van der Waals surface area contributed by atoms with E-state index < -0.39 is 5.82 Å². The fourth-order valence-corrected chi connectivity index (χ4v) is 2.88. The van der Waals surface area contributed by atoms with Crippen LogP contribution >= 0.6 is 0 Å². The average Bonchev–Trinajstić information content (AvgIpc) is 3.02. The predicted octanol–water partition coefficient (Wildman–Crippen LogP) is 3.54. The number of methoxy groups -OCH3 is 1. The number of benzene rings is 2. The van der Waals surface area contributed by atoms with Gasteiger partial charge in [-0.1, -0.05) is 24.3 Å². The van der Waals surface area contributed by atoms with E-state index in [1.807, 2.05) is 12.1 Å². The number of nitrogens with zero attached hydrogens (tertiary/aromatic N) is 1. The molecule has 3 aromatic rings. The van der Waals surface area contributed by atoms with Crippen LogP contribution in [0.2, 0.25) is 0 Å². The summed E-state index contributed by atoms with van der Waals surface area (Å²) in [7, 11) is 1.42. The summed E-state index contributed by atoms with van der Waals surface area (Å²) in [6.07, 6.45) is 3.06. The molecule has 0 saturated carbocycles. The van der Waals surface area contributed by atoms with E-state index >= 15 is 0 Å². The number of para-hydroxylation sites is 1. The lowest BCUT2D eigenvalue weighted by molar-refractivity contribution is -0.120. The number of carbonyl (C=O) groups excluding carboxylic acids is 1. The zero-order valence-electron chi connectivity index (χ0n) is 14.2. The van der Waals surface area contributed by atoms with Crippen molar-refractivity contribution >= 4 is 16.8 Å². The quantitative estimate of drug-likeness (QED) is 0.669. The van der Waals surface area contributed by atoms with Gasteiger partial charge in [0.1, 0.15) is 0 Å². The third-order valence-corrected chi connectivity index (χ3v) is 4.16. The largest absolute Gasteiger partial charge is 0.494 e. The molecular formula is C20H21FN2O2. The van der Waals surface area contributed by atoms with Crippen LogP contribution in [0.4, 0.5) is 4.39 Å². The highest BCUT2D eigenvalue weighted by Gasteiger charge is 2.07. The van der Waals surface area contributed by atoms with Gasteiger partial charge in [0.05, 0.1) is 13.5 Å². The van der Waals surface area contributed by atoms with Crippen molar-refractivity contribution in [2.24, 2.45) is 0 Å². The van der Waals surface area contributed by atoms with Crippen molar-refractivity contribution in [3.63, 3.8) is 0 Å². The first-order valence-electron chi connectivity index (χ1n) is 8.30. The Kier molecular flexibility index (Phi) is 5.33. The third-order valence-electron chi connectivity index (χ3n) is 4.16. The van der Waals surface area contributed by atoms with Gasteiger partial charge < -0.3 is 14.6 Å². The van der Waals surface area contributed by atoms with Gasteiger partial charge in [-0.05, 0) is 41.6 Å². The Hall–Kier alpha value is -2.82. The first-order chi connectivity index (χ1) is 12.2. The molecule has 1 heterocycles. The van der Waals surface area contributed by atoms with Crippen LogP contribution in [-0.4, -0.2) is 24.1 Å². The number of aromatic nitrogens is 1. The minimum atomic E-state index is -0.452. The molecule has 0 aliphatic carbocycles. The number of hydrogen-bond acceptors (Lipinski definition) is 2. The number of hydrogen-bond donors (Lipinski definition) is 1. The molecule has 0 atom stereocenters. The lowest BCUT2D eigenvalue weighted by Gasteiger charge is -2.08. The molecule has 1 N–H and O–H groups in total. The monoisotopic (exact) mass is 340 g/mol. The van der Waals surface area contributed by atoms with E-state index in [0.717, 1.165) is 13.0 Å². The molecule has 3 rings (SSSR count). The molecule has 4 nitrogen and oxygen atoms in total. The summed E-state index contributed by atoms with van der Waals surface area (Å²) < 4.78 is 20.7. The number of aryl methyl sites for hydroxylation is 1. The molecule has 0 saturated heterocycles. The molecular weight excluding hydrogens is 319 g/mol.